The normalized spacial score (nSPS) is 11.9. The molecule has 0 saturated heterocycles. The van der Waals surface area contributed by atoms with Crippen LogP contribution in [-0.4, -0.2) is 9.97 Å². The molecule has 46 heavy (non-hydrogen) atoms. The molecule has 0 unspecified atom stereocenters. The Morgan fingerprint density at radius 3 is 1.65 bits per heavy atom. The lowest BCUT2D eigenvalue weighted by Gasteiger charge is -2.15. The SMILES string of the molecule is Cc1cnc2c(ccc3c(C)c(C)c(-c4ccc(-c5ccc(-c6ccc7c8c(cccc68)-c6ccccc6-7)cc5)cc4)nc32)c1C. The van der Waals surface area contributed by atoms with Gasteiger partial charge in [0.1, 0.15) is 0 Å². The van der Waals surface area contributed by atoms with Gasteiger partial charge >= 0.3 is 0 Å². The van der Waals surface area contributed by atoms with Crippen molar-refractivity contribution in [3.05, 3.63) is 144 Å². The highest BCUT2D eigenvalue weighted by Gasteiger charge is 2.22. The van der Waals surface area contributed by atoms with E-state index in [4.69, 9.17) is 9.97 Å². The van der Waals surface area contributed by atoms with Crippen molar-refractivity contribution in [3.63, 3.8) is 0 Å². The first-order valence-electron chi connectivity index (χ1n) is 16.0. The monoisotopic (exact) mass is 588 g/mol. The summed E-state index contributed by atoms with van der Waals surface area (Å²) < 4.78 is 0. The van der Waals surface area contributed by atoms with E-state index in [2.05, 4.69) is 143 Å². The van der Waals surface area contributed by atoms with E-state index in [9.17, 15) is 0 Å². The third-order valence-corrected chi connectivity index (χ3v) is 10.3. The standard InChI is InChI=1S/C44H32N2/c1-25-24-45-43-33(26(25)2)20-21-34-27(3)28(4)42(46-44(34)43)32-18-14-30(15-19-32)29-12-16-31(17-13-29)35-22-23-40-37-9-6-5-8-36(37)39-11-7-10-38(35)41(39)40/h5-24H,1-4H3. The number of hydrogen-bond acceptors (Lipinski definition) is 2. The van der Waals surface area contributed by atoms with Gasteiger partial charge in [-0.05, 0) is 105 Å². The number of benzene rings is 6. The van der Waals surface area contributed by atoms with Crippen LogP contribution in [0.25, 0.3) is 88.3 Å². The van der Waals surface area contributed by atoms with E-state index < -0.39 is 0 Å². The lowest BCUT2D eigenvalue weighted by atomic mass is 9.93. The summed E-state index contributed by atoms with van der Waals surface area (Å²) in [5.74, 6) is 0. The van der Waals surface area contributed by atoms with Crippen LogP contribution >= 0.6 is 0 Å². The van der Waals surface area contributed by atoms with Crippen LogP contribution in [-0.2, 0) is 0 Å². The van der Waals surface area contributed by atoms with Gasteiger partial charge in [0.25, 0.3) is 0 Å². The quantitative estimate of drug-likeness (QED) is 0.192. The Morgan fingerprint density at radius 2 is 0.957 bits per heavy atom. The number of aromatic nitrogens is 2. The Morgan fingerprint density at radius 1 is 0.391 bits per heavy atom. The van der Waals surface area contributed by atoms with Crippen molar-refractivity contribution < 1.29 is 0 Å². The smallest absolute Gasteiger partial charge is 0.0975 e. The maximum absolute atomic E-state index is 5.24. The van der Waals surface area contributed by atoms with Crippen LogP contribution in [0, 0.1) is 27.7 Å². The van der Waals surface area contributed by atoms with Crippen LogP contribution in [0.4, 0.5) is 0 Å². The summed E-state index contributed by atoms with van der Waals surface area (Å²) in [6.07, 6.45) is 1.97. The second kappa shape index (κ2) is 9.95. The highest BCUT2D eigenvalue weighted by atomic mass is 14.8. The predicted molar refractivity (Wildman–Crippen MR) is 194 cm³/mol. The van der Waals surface area contributed by atoms with E-state index in [-0.39, 0.29) is 0 Å². The Bertz CT molecular complexity index is 2510. The molecule has 2 heteroatoms. The fourth-order valence-electron chi connectivity index (χ4n) is 7.48. The molecule has 0 fully saturated rings. The predicted octanol–water partition coefficient (Wildman–Crippen LogP) is 11.8. The van der Waals surface area contributed by atoms with Gasteiger partial charge in [0.05, 0.1) is 16.7 Å². The van der Waals surface area contributed by atoms with Gasteiger partial charge in [0.2, 0.25) is 0 Å². The van der Waals surface area contributed by atoms with E-state index in [1.54, 1.807) is 0 Å². The highest BCUT2D eigenvalue weighted by molar-refractivity contribution is 6.18. The molecule has 0 N–H and O–H groups in total. The van der Waals surface area contributed by atoms with Crippen LogP contribution in [0.2, 0.25) is 0 Å². The van der Waals surface area contributed by atoms with E-state index in [1.165, 1.54) is 88.3 Å². The summed E-state index contributed by atoms with van der Waals surface area (Å²) >= 11 is 0. The summed E-state index contributed by atoms with van der Waals surface area (Å²) in [5, 5.41) is 5.02. The average molecular weight is 589 g/mol. The fraction of sp³-hybridized carbons (Fsp3) is 0.0909. The molecular weight excluding hydrogens is 556 g/mol. The summed E-state index contributed by atoms with van der Waals surface area (Å²) in [5.41, 5.74) is 19.3. The zero-order chi connectivity index (χ0) is 31.1. The van der Waals surface area contributed by atoms with E-state index in [0.29, 0.717) is 0 Å². The molecule has 2 heterocycles. The van der Waals surface area contributed by atoms with Crippen LogP contribution in [0.3, 0.4) is 0 Å². The lowest BCUT2D eigenvalue weighted by Crippen LogP contribution is -1.97. The first-order chi connectivity index (χ1) is 22.5. The third kappa shape index (κ3) is 3.83. The molecular formula is C44H32N2. The number of nitrogens with zero attached hydrogens (tertiary/aromatic N) is 2. The molecule has 0 saturated carbocycles. The largest absolute Gasteiger partial charge is 0.254 e. The Hall–Kier alpha value is -5.60. The van der Waals surface area contributed by atoms with Gasteiger partial charge < -0.3 is 0 Å². The lowest BCUT2D eigenvalue weighted by molar-refractivity contribution is 1.25. The van der Waals surface area contributed by atoms with Gasteiger partial charge in [-0.3, -0.25) is 4.98 Å². The van der Waals surface area contributed by atoms with Crippen LogP contribution in [0.1, 0.15) is 22.3 Å². The zero-order valence-electron chi connectivity index (χ0n) is 26.4. The van der Waals surface area contributed by atoms with Gasteiger partial charge in [-0.2, -0.15) is 0 Å². The molecule has 2 aromatic heterocycles. The molecule has 8 aromatic rings. The second-order valence-corrected chi connectivity index (χ2v) is 12.7. The van der Waals surface area contributed by atoms with E-state index in [0.717, 1.165) is 22.3 Å². The van der Waals surface area contributed by atoms with Crippen LogP contribution in [0.5, 0.6) is 0 Å². The topological polar surface area (TPSA) is 25.8 Å². The van der Waals surface area contributed by atoms with Crippen molar-refractivity contribution in [2.45, 2.75) is 27.7 Å². The number of rotatable bonds is 3. The van der Waals surface area contributed by atoms with Gasteiger partial charge in [0, 0.05) is 22.5 Å². The van der Waals surface area contributed by atoms with Crippen molar-refractivity contribution in [1.29, 1.82) is 0 Å². The van der Waals surface area contributed by atoms with Crippen LogP contribution < -0.4 is 0 Å². The first kappa shape index (κ1) is 26.8. The molecule has 0 atom stereocenters. The number of aryl methyl sites for hydroxylation is 3. The molecule has 9 rings (SSSR count). The molecule has 0 amide bonds. The van der Waals surface area contributed by atoms with Crippen molar-refractivity contribution in [2.24, 2.45) is 0 Å². The Kier molecular flexibility index (Phi) is 5.79. The molecule has 0 bridgehead atoms. The highest BCUT2D eigenvalue weighted by Crippen LogP contribution is 2.49. The van der Waals surface area contributed by atoms with E-state index >= 15 is 0 Å². The molecule has 0 radical (unpaired) electrons. The summed E-state index contributed by atoms with van der Waals surface area (Å²) in [6.45, 7) is 8.67. The number of hydrogen-bond donors (Lipinski definition) is 0. The summed E-state index contributed by atoms with van der Waals surface area (Å²) in [4.78, 5) is 10.1. The minimum Gasteiger partial charge on any atom is -0.254 e. The third-order valence-electron chi connectivity index (χ3n) is 10.3. The Balaban J connectivity index is 1.07. The molecule has 6 aromatic carbocycles. The fourth-order valence-corrected chi connectivity index (χ4v) is 7.48. The maximum Gasteiger partial charge on any atom is 0.0975 e. The molecule has 0 spiro atoms. The number of pyridine rings is 2. The molecule has 2 nitrogen and oxygen atoms in total. The van der Waals surface area contributed by atoms with Crippen molar-refractivity contribution in [2.75, 3.05) is 0 Å². The van der Waals surface area contributed by atoms with Gasteiger partial charge in [0.15, 0.2) is 0 Å². The van der Waals surface area contributed by atoms with E-state index in [1.807, 2.05) is 6.20 Å². The van der Waals surface area contributed by atoms with Crippen LogP contribution in [0.15, 0.2) is 121 Å². The Labute approximate surface area is 269 Å². The minimum absolute atomic E-state index is 0.977. The van der Waals surface area contributed by atoms with Gasteiger partial charge in [-0.25, -0.2) is 4.98 Å². The van der Waals surface area contributed by atoms with Crippen molar-refractivity contribution >= 4 is 32.6 Å². The van der Waals surface area contributed by atoms with Crippen molar-refractivity contribution in [3.8, 4) is 55.8 Å². The molecule has 1 aliphatic carbocycles. The first-order valence-corrected chi connectivity index (χ1v) is 16.0. The van der Waals surface area contributed by atoms with Gasteiger partial charge in [-0.1, -0.05) is 115 Å². The minimum atomic E-state index is 0.977. The molecule has 0 aliphatic heterocycles. The van der Waals surface area contributed by atoms with Crippen molar-refractivity contribution in [1.82, 2.24) is 9.97 Å². The maximum atomic E-state index is 5.24. The summed E-state index contributed by atoms with van der Waals surface area (Å²) in [6, 6.07) is 42.3. The molecule has 1 aliphatic rings. The number of fused-ring (bicyclic) bond motifs is 6. The second-order valence-electron chi connectivity index (χ2n) is 12.7. The van der Waals surface area contributed by atoms with Gasteiger partial charge in [-0.15, -0.1) is 0 Å². The average Bonchev–Trinajstić information content (AvgIpc) is 3.43. The zero-order valence-corrected chi connectivity index (χ0v) is 26.4. The molecule has 218 valence electrons. The summed E-state index contributed by atoms with van der Waals surface area (Å²) in [7, 11) is 0.